The minimum absolute atomic E-state index is 0.0524. The summed E-state index contributed by atoms with van der Waals surface area (Å²) in [6.07, 6.45) is 1.72. The standard InChI is InChI=1S/C43H38N2O2/c1-27(2)29-14-10-15-30(22-29)31-24-37(35-18-11-13-28-12-6-7-16-34(28)35)41-40(25-31)47-42(45-41)36-17-8-9-19-38(36)44-26-32-23-33(43(3,4)5)20-21-39(32)46/h6-27,46H,1-5H3. The number of nitrogens with zero attached hydrogens (tertiary/aromatic N) is 2. The van der Waals surface area contributed by atoms with E-state index in [1.807, 2.05) is 36.4 Å². The zero-order valence-corrected chi connectivity index (χ0v) is 27.5. The van der Waals surface area contributed by atoms with Crippen molar-refractivity contribution in [3.63, 3.8) is 0 Å². The molecule has 0 saturated heterocycles. The Bertz CT molecular complexity index is 2280. The molecule has 4 heteroatoms. The van der Waals surface area contributed by atoms with E-state index in [0.29, 0.717) is 28.6 Å². The van der Waals surface area contributed by atoms with E-state index in [1.165, 1.54) is 10.9 Å². The Balaban J connectivity index is 1.40. The summed E-state index contributed by atoms with van der Waals surface area (Å²) in [7, 11) is 0. The Labute approximate surface area is 276 Å². The number of oxazole rings is 1. The van der Waals surface area contributed by atoms with Crippen LogP contribution in [0.15, 0.2) is 131 Å². The van der Waals surface area contributed by atoms with Gasteiger partial charge in [-0.1, -0.05) is 120 Å². The average molecular weight is 615 g/mol. The molecule has 1 aromatic heterocycles. The summed E-state index contributed by atoms with van der Waals surface area (Å²) in [6.45, 7) is 10.9. The first-order valence-corrected chi connectivity index (χ1v) is 16.2. The number of para-hydroxylation sites is 1. The van der Waals surface area contributed by atoms with Crippen LogP contribution in [0.5, 0.6) is 5.75 Å². The number of fused-ring (bicyclic) bond motifs is 2. The van der Waals surface area contributed by atoms with Gasteiger partial charge in [0.05, 0.1) is 11.3 Å². The van der Waals surface area contributed by atoms with Crippen LogP contribution in [-0.2, 0) is 5.41 Å². The van der Waals surface area contributed by atoms with Crippen LogP contribution in [0.25, 0.3) is 55.6 Å². The van der Waals surface area contributed by atoms with Crippen molar-refractivity contribution in [3.05, 3.63) is 138 Å². The van der Waals surface area contributed by atoms with Gasteiger partial charge in [0.1, 0.15) is 11.3 Å². The van der Waals surface area contributed by atoms with Crippen molar-refractivity contribution in [1.82, 2.24) is 4.98 Å². The van der Waals surface area contributed by atoms with Crippen LogP contribution in [0.2, 0.25) is 0 Å². The Morgan fingerprint density at radius 1 is 0.723 bits per heavy atom. The maximum atomic E-state index is 10.6. The molecule has 0 aliphatic heterocycles. The second kappa shape index (κ2) is 12.0. The van der Waals surface area contributed by atoms with Crippen LogP contribution in [-0.4, -0.2) is 16.3 Å². The molecule has 47 heavy (non-hydrogen) atoms. The SMILES string of the molecule is CC(C)c1cccc(-c2cc(-c3cccc4ccccc34)c3nc(-c4ccccc4N=Cc4cc(C(C)(C)C)ccc4O)oc3c2)c1. The minimum Gasteiger partial charge on any atom is -0.507 e. The van der Waals surface area contributed by atoms with Gasteiger partial charge in [0, 0.05) is 17.3 Å². The second-order valence-electron chi connectivity index (χ2n) is 13.5. The highest BCUT2D eigenvalue weighted by Crippen LogP contribution is 2.41. The molecule has 6 aromatic carbocycles. The lowest BCUT2D eigenvalue weighted by Crippen LogP contribution is -2.11. The van der Waals surface area contributed by atoms with Crippen LogP contribution in [0.3, 0.4) is 0 Å². The average Bonchev–Trinajstić information content (AvgIpc) is 3.51. The van der Waals surface area contributed by atoms with E-state index < -0.39 is 0 Å². The lowest BCUT2D eigenvalue weighted by atomic mass is 9.86. The molecule has 0 aliphatic rings. The first-order valence-electron chi connectivity index (χ1n) is 16.2. The number of aromatic nitrogens is 1. The van der Waals surface area contributed by atoms with Crippen molar-refractivity contribution < 1.29 is 9.52 Å². The monoisotopic (exact) mass is 614 g/mol. The minimum atomic E-state index is -0.0524. The lowest BCUT2D eigenvalue weighted by molar-refractivity contribution is 0.473. The largest absolute Gasteiger partial charge is 0.507 e. The molecule has 0 atom stereocenters. The van der Waals surface area contributed by atoms with Gasteiger partial charge in [-0.3, -0.25) is 4.99 Å². The molecule has 0 amide bonds. The van der Waals surface area contributed by atoms with Gasteiger partial charge >= 0.3 is 0 Å². The summed E-state index contributed by atoms with van der Waals surface area (Å²) in [4.78, 5) is 9.97. The fraction of sp³-hybridized carbons (Fsp3) is 0.163. The van der Waals surface area contributed by atoms with Crippen LogP contribution in [0.4, 0.5) is 5.69 Å². The molecule has 0 unspecified atom stereocenters. The molecule has 0 saturated carbocycles. The van der Waals surface area contributed by atoms with Gasteiger partial charge in [-0.15, -0.1) is 0 Å². The van der Waals surface area contributed by atoms with Gasteiger partial charge in [0.25, 0.3) is 0 Å². The first-order chi connectivity index (χ1) is 22.7. The van der Waals surface area contributed by atoms with E-state index in [2.05, 4.69) is 113 Å². The smallest absolute Gasteiger partial charge is 0.229 e. The molecule has 232 valence electrons. The van der Waals surface area contributed by atoms with Gasteiger partial charge in [0.15, 0.2) is 5.58 Å². The predicted octanol–water partition coefficient (Wildman–Crippen LogP) is 11.9. The number of phenolic OH excluding ortho intramolecular Hbond substituents is 1. The van der Waals surface area contributed by atoms with Crippen molar-refractivity contribution in [3.8, 4) is 39.5 Å². The van der Waals surface area contributed by atoms with Gasteiger partial charge < -0.3 is 9.52 Å². The maximum absolute atomic E-state index is 10.6. The number of benzene rings is 6. The molecule has 0 spiro atoms. The Morgan fingerprint density at radius 3 is 2.30 bits per heavy atom. The number of hydrogen-bond donors (Lipinski definition) is 1. The molecule has 0 radical (unpaired) electrons. The third-order valence-electron chi connectivity index (χ3n) is 8.83. The molecule has 0 fully saturated rings. The first kappa shape index (κ1) is 30.2. The van der Waals surface area contributed by atoms with Gasteiger partial charge in [-0.05, 0) is 86.3 Å². The van der Waals surface area contributed by atoms with E-state index in [0.717, 1.165) is 44.3 Å². The number of hydrogen-bond acceptors (Lipinski definition) is 4. The molecule has 7 rings (SSSR count). The van der Waals surface area contributed by atoms with Crippen LogP contribution < -0.4 is 0 Å². The summed E-state index contributed by atoms with van der Waals surface area (Å²) in [6, 6.07) is 41.5. The van der Waals surface area contributed by atoms with E-state index in [-0.39, 0.29) is 11.2 Å². The van der Waals surface area contributed by atoms with E-state index in [9.17, 15) is 5.11 Å². The van der Waals surface area contributed by atoms with E-state index in [4.69, 9.17) is 14.4 Å². The van der Waals surface area contributed by atoms with Crippen molar-refractivity contribution in [1.29, 1.82) is 0 Å². The summed E-state index contributed by atoms with van der Waals surface area (Å²) in [5.41, 5.74) is 10.4. The summed E-state index contributed by atoms with van der Waals surface area (Å²) in [5.74, 6) is 1.10. The van der Waals surface area contributed by atoms with Gasteiger partial charge in [-0.25, -0.2) is 4.98 Å². The predicted molar refractivity (Wildman–Crippen MR) is 196 cm³/mol. The zero-order chi connectivity index (χ0) is 32.7. The van der Waals surface area contributed by atoms with E-state index in [1.54, 1.807) is 12.3 Å². The molecule has 7 aromatic rings. The molecule has 0 bridgehead atoms. The van der Waals surface area contributed by atoms with Crippen molar-refractivity contribution in [2.75, 3.05) is 0 Å². The number of phenols is 1. The Hall–Kier alpha value is -5.48. The van der Waals surface area contributed by atoms with Crippen LogP contribution in [0.1, 0.15) is 57.2 Å². The molecular formula is C43H38N2O2. The Morgan fingerprint density at radius 2 is 1.47 bits per heavy atom. The number of rotatable bonds is 6. The fourth-order valence-electron chi connectivity index (χ4n) is 6.08. The van der Waals surface area contributed by atoms with Crippen molar-refractivity contribution >= 4 is 33.8 Å². The third kappa shape index (κ3) is 5.95. The third-order valence-corrected chi connectivity index (χ3v) is 8.83. The molecular weight excluding hydrogens is 576 g/mol. The zero-order valence-electron chi connectivity index (χ0n) is 27.5. The highest BCUT2D eigenvalue weighted by Gasteiger charge is 2.19. The summed E-state index contributed by atoms with van der Waals surface area (Å²) >= 11 is 0. The highest BCUT2D eigenvalue weighted by atomic mass is 16.3. The highest BCUT2D eigenvalue weighted by molar-refractivity contribution is 6.05. The normalized spacial score (nSPS) is 12.1. The Kier molecular flexibility index (Phi) is 7.73. The molecule has 1 N–H and O–H groups in total. The second-order valence-corrected chi connectivity index (χ2v) is 13.5. The topological polar surface area (TPSA) is 58.6 Å². The number of aliphatic imine (C=N–C) groups is 1. The van der Waals surface area contributed by atoms with Crippen molar-refractivity contribution in [2.45, 2.75) is 46.0 Å². The molecule has 1 heterocycles. The molecule has 4 nitrogen and oxygen atoms in total. The number of aromatic hydroxyl groups is 1. The van der Waals surface area contributed by atoms with Gasteiger partial charge in [-0.2, -0.15) is 0 Å². The van der Waals surface area contributed by atoms with Crippen LogP contribution in [0, 0.1) is 0 Å². The van der Waals surface area contributed by atoms with Gasteiger partial charge in [0.2, 0.25) is 5.89 Å². The lowest BCUT2D eigenvalue weighted by Gasteiger charge is -2.19. The van der Waals surface area contributed by atoms with Crippen LogP contribution >= 0.6 is 0 Å². The fourth-order valence-corrected chi connectivity index (χ4v) is 6.08. The summed E-state index contributed by atoms with van der Waals surface area (Å²) in [5, 5.41) is 13.0. The quantitative estimate of drug-likeness (QED) is 0.190. The maximum Gasteiger partial charge on any atom is 0.229 e. The van der Waals surface area contributed by atoms with E-state index >= 15 is 0 Å². The van der Waals surface area contributed by atoms with Crippen molar-refractivity contribution in [2.24, 2.45) is 4.99 Å². The molecule has 0 aliphatic carbocycles. The summed E-state index contributed by atoms with van der Waals surface area (Å²) < 4.78 is 6.61.